The van der Waals surface area contributed by atoms with E-state index < -0.39 is 11.5 Å². The molecule has 1 aliphatic rings. The van der Waals surface area contributed by atoms with Gasteiger partial charge in [-0.25, -0.2) is 0 Å². The molecular formula is C12H23NO2. The summed E-state index contributed by atoms with van der Waals surface area (Å²) in [5, 5.41) is 12.7. The van der Waals surface area contributed by atoms with Crippen LogP contribution < -0.4 is 5.32 Å². The van der Waals surface area contributed by atoms with E-state index in [0.717, 1.165) is 25.7 Å². The zero-order chi connectivity index (χ0) is 11.7. The second-order valence-electron chi connectivity index (χ2n) is 5.88. The Morgan fingerprint density at radius 1 is 1.33 bits per heavy atom. The van der Waals surface area contributed by atoms with Gasteiger partial charge in [0.15, 0.2) is 0 Å². The minimum atomic E-state index is -0.698. The first-order chi connectivity index (χ1) is 6.77. The predicted octanol–water partition coefficient (Wildman–Crippen LogP) is 2.41. The molecule has 0 amide bonds. The molecule has 0 aromatic heterocycles. The Kier molecular flexibility index (Phi) is 3.44. The number of carboxylic acids is 1. The Balaban J connectivity index is 2.86. The van der Waals surface area contributed by atoms with E-state index in [2.05, 4.69) is 19.2 Å². The summed E-state index contributed by atoms with van der Waals surface area (Å²) in [5.74, 6) is -0.691. The molecule has 1 fully saturated rings. The van der Waals surface area contributed by atoms with Crippen LogP contribution >= 0.6 is 0 Å². The minimum absolute atomic E-state index is 0.137. The zero-order valence-corrected chi connectivity index (χ0v) is 10.3. The molecule has 0 radical (unpaired) electrons. The standard InChI is InChI=1S/C12H23NO2/c1-9(2)13-12(10(14)15)7-5-6-11(3,4)8-12/h9,13H,5-8H2,1-4H3,(H,14,15). The summed E-state index contributed by atoms with van der Waals surface area (Å²) in [6.45, 7) is 8.33. The van der Waals surface area contributed by atoms with Crippen molar-refractivity contribution in [1.29, 1.82) is 0 Å². The molecule has 0 spiro atoms. The summed E-state index contributed by atoms with van der Waals surface area (Å²) in [4.78, 5) is 11.4. The molecule has 0 aromatic carbocycles. The van der Waals surface area contributed by atoms with E-state index >= 15 is 0 Å². The van der Waals surface area contributed by atoms with Crippen LogP contribution in [0.15, 0.2) is 0 Å². The lowest BCUT2D eigenvalue weighted by molar-refractivity contribution is -0.148. The third kappa shape index (κ3) is 2.94. The highest BCUT2D eigenvalue weighted by atomic mass is 16.4. The molecular weight excluding hydrogens is 190 g/mol. The number of aliphatic carboxylic acids is 1. The normalized spacial score (nSPS) is 30.5. The SMILES string of the molecule is CC(C)NC1(C(=O)O)CCCC(C)(C)C1. The van der Waals surface area contributed by atoms with Crippen molar-refractivity contribution < 1.29 is 9.90 Å². The zero-order valence-electron chi connectivity index (χ0n) is 10.3. The Hall–Kier alpha value is -0.570. The number of hydrogen-bond donors (Lipinski definition) is 2. The van der Waals surface area contributed by atoms with Crippen molar-refractivity contribution in [3.63, 3.8) is 0 Å². The van der Waals surface area contributed by atoms with Crippen molar-refractivity contribution in [1.82, 2.24) is 5.32 Å². The molecule has 1 rings (SSSR count). The lowest BCUT2D eigenvalue weighted by atomic mass is 9.68. The summed E-state index contributed by atoms with van der Waals surface area (Å²) in [7, 11) is 0. The fraction of sp³-hybridized carbons (Fsp3) is 0.917. The van der Waals surface area contributed by atoms with Gasteiger partial charge < -0.3 is 5.11 Å². The molecule has 15 heavy (non-hydrogen) atoms. The summed E-state index contributed by atoms with van der Waals surface area (Å²) in [5.41, 5.74) is -0.561. The first-order valence-electron chi connectivity index (χ1n) is 5.79. The monoisotopic (exact) mass is 213 g/mol. The van der Waals surface area contributed by atoms with Crippen molar-refractivity contribution in [2.75, 3.05) is 0 Å². The van der Waals surface area contributed by atoms with Crippen LogP contribution in [0.4, 0.5) is 0 Å². The molecule has 0 aliphatic heterocycles. The van der Waals surface area contributed by atoms with Crippen LogP contribution in [-0.4, -0.2) is 22.7 Å². The number of carbonyl (C=O) groups is 1. The first-order valence-corrected chi connectivity index (χ1v) is 5.79. The van der Waals surface area contributed by atoms with E-state index in [4.69, 9.17) is 0 Å². The number of hydrogen-bond acceptors (Lipinski definition) is 2. The molecule has 0 heterocycles. The van der Waals surface area contributed by atoms with Gasteiger partial charge in [0.25, 0.3) is 0 Å². The van der Waals surface area contributed by atoms with Crippen molar-refractivity contribution in [2.24, 2.45) is 5.41 Å². The topological polar surface area (TPSA) is 49.3 Å². The lowest BCUT2D eigenvalue weighted by Gasteiger charge is -2.43. The largest absolute Gasteiger partial charge is 0.480 e. The predicted molar refractivity (Wildman–Crippen MR) is 60.9 cm³/mol. The first kappa shape index (κ1) is 12.5. The molecule has 0 bridgehead atoms. The van der Waals surface area contributed by atoms with Gasteiger partial charge in [0.05, 0.1) is 0 Å². The van der Waals surface area contributed by atoms with Gasteiger partial charge in [0, 0.05) is 6.04 Å². The molecule has 1 unspecified atom stereocenters. The highest BCUT2D eigenvalue weighted by molar-refractivity contribution is 5.79. The van der Waals surface area contributed by atoms with E-state index in [1.807, 2.05) is 13.8 Å². The highest BCUT2D eigenvalue weighted by Crippen LogP contribution is 2.41. The van der Waals surface area contributed by atoms with Crippen molar-refractivity contribution in [2.45, 2.75) is 65.0 Å². The lowest BCUT2D eigenvalue weighted by Crippen LogP contribution is -2.58. The molecule has 1 saturated carbocycles. The average molecular weight is 213 g/mol. The van der Waals surface area contributed by atoms with Gasteiger partial charge in [-0.1, -0.05) is 20.3 Å². The Morgan fingerprint density at radius 2 is 1.93 bits per heavy atom. The van der Waals surface area contributed by atoms with Crippen molar-refractivity contribution in [3.05, 3.63) is 0 Å². The highest BCUT2D eigenvalue weighted by Gasteiger charge is 2.45. The second-order valence-corrected chi connectivity index (χ2v) is 5.88. The minimum Gasteiger partial charge on any atom is -0.480 e. The molecule has 1 atom stereocenters. The van der Waals surface area contributed by atoms with Crippen LogP contribution in [-0.2, 0) is 4.79 Å². The third-order valence-corrected chi connectivity index (χ3v) is 3.21. The Labute approximate surface area is 92.3 Å². The van der Waals surface area contributed by atoms with Crippen LogP contribution in [0.3, 0.4) is 0 Å². The van der Waals surface area contributed by atoms with Gasteiger partial charge in [-0.2, -0.15) is 0 Å². The number of nitrogens with one attached hydrogen (secondary N) is 1. The van der Waals surface area contributed by atoms with Gasteiger partial charge in [0.2, 0.25) is 0 Å². The summed E-state index contributed by atoms with van der Waals surface area (Å²) in [6, 6.07) is 0.218. The fourth-order valence-corrected chi connectivity index (χ4v) is 2.78. The van der Waals surface area contributed by atoms with Gasteiger partial charge in [-0.05, 0) is 38.5 Å². The quantitative estimate of drug-likeness (QED) is 0.757. The van der Waals surface area contributed by atoms with E-state index in [1.165, 1.54) is 0 Å². The van der Waals surface area contributed by atoms with Crippen LogP contribution in [0.1, 0.15) is 53.4 Å². The summed E-state index contributed by atoms with van der Waals surface area (Å²) in [6.07, 6.45) is 3.61. The van der Waals surface area contributed by atoms with E-state index in [-0.39, 0.29) is 11.5 Å². The van der Waals surface area contributed by atoms with E-state index in [9.17, 15) is 9.90 Å². The van der Waals surface area contributed by atoms with Gasteiger partial charge >= 0.3 is 5.97 Å². The fourth-order valence-electron chi connectivity index (χ4n) is 2.78. The van der Waals surface area contributed by atoms with Crippen LogP contribution in [0.25, 0.3) is 0 Å². The van der Waals surface area contributed by atoms with Crippen LogP contribution in [0.2, 0.25) is 0 Å². The van der Waals surface area contributed by atoms with Crippen LogP contribution in [0, 0.1) is 5.41 Å². The molecule has 3 nitrogen and oxygen atoms in total. The van der Waals surface area contributed by atoms with E-state index in [1.54, 1.807) is 0 Å². The molecule has 2 N–H and O–H groups in total. The van der Waals surface area contributed by atoms with E-state index in [0.29, 0.717) is 0 Å². The van der Waals surface area contributed by atoms with Gasteiger partial charge in [-0.3, -0.25) is 10.1 Å². The third-order valence-electron chi connectivity index (χ3n) is 3.21. The van der Waals surface area contributed by atoms with Gasteiger partial charge in [0.1, 0.15) is 5.54 Å². The van der Waals surface area contributed by atoms with Gasteiger partial charge in [-0.15, -0.1) is 0 Å². The maximum absolute atomic E-state index is 11.4. The number of rotatable bonds is 3. The molecule has 1 aliphatic carbocycles. The number of carboxylic acid groups (broad SMARTS) is 1. The Morgan fingerprint density at radius 3 is 2.33 bits per heavy atom. The molecule has 88 valence electrons. The van der Waals surface area contributed by atoms with Crippen LogP contribution in [0.5, 0.6) is 0 Å². The second kappa shape index (κ2) is 4.12. The summed E-state index contributed by atoms with van der Waals surface area (Å²) >= 11 is 0. The summed E-state index contributed by atoms with van der Waals surface area (Å²) < 4.78 is 0. The average Bonchev–Trinajstić information content (AvgIpc) is 1.99. The maximum atomic E-state index is 11.4. The van der Waals surface area contributed by atoms with Crippen molar-refractivity contribution in [3.8, 4) is 0 Å². The molecule has 0 aromatic rings. The molecule has 3 heteroatoms. The smallest absolute Gasteiger partial charge is 0.323 e. The Bertz CT molecular complexity index is 248. The maximum Gasteiger partial charge on any atom is 0.323 e. The van der Waals surface area contributed by atoms with Crippen molar-refractivity contribution >= 4 is 5.97 Å². The molecule has 0 saturated heterocycles.